The number of para-hydroxylation sites is 1. The van der Waals surface area contributed by atoms with E-state index in [4.69, 9.17) is 14.2 Å². The Morgan fingerprint density at radius 3 is 2.08 bits per heavy atom. The lowest BCUT2D eigenvalue weighted by Gasteiger charge is -2.13. The van der Waals surface area contributed by atoms with E-state index in [1.807, 2.05) is 54.6 Å². The van der Waals surface area contributed by atoms with Gasteiger partial charge in [0.1, 0.15) is 30.5 Å². The molecular formula is C22H20O4. The molecule has 0 aromatic heterocycles. The van der Waals surface area contributed by atoms with Crippen molar-refractivity contribution in [2.24, 2.45) is 0 Å². The number of fused-ring (bicyclic) bond motifs is 1. The van der Waals surface area contributed by atoms with Gasteiger partial charge in [-0.2, -0.15) is 0 Å². The molecule has 0 aliphatic carbocycles. The van der Waals surface area contributed by atoms with Gasteiger partial charge in [-0.25, -0.2) is 4.79 Å². The third kappa shape index (κ3) is 4.22. The van der Waals surface area contributed by atoms with Crippen molar-refractivity contribution in [3.05, 3.63) is 78.9 Å². The predicted octanol–water partition coefficient (Wildman–Crippen LogP) is 4.78. The first-order chi connectivity index (χ1) is 12.6. The van der Waals surface area contributed by atoms with Gasteiger partial charge in [0, 0.05) is 16.3 Å². The van der Waals surface area contributed by atoms with Gasteiger partial charge in [0.25, 0.3) is 0 Å². The molecule has 0 fully saturated rings. The molecule has 3 aromatic rings. The second kappa shape index (κ2) is 8.21. The molecule has 3 aromatic carbocycles. The molecule has 0 aliphatic rings. The van der Waals surface area contributed by atoms with E-state index in [0.717, 1.165) is 16.5 Å². The van der Waals surface area contributed by atoms with Gasteiger partial charge in [-0.15, -0.1) is 0 Å². The molecular weight excluding hydrogens is 328 g/mol. The Kier molecular flexibility index (Phi) is 5.54. The SMILES string of the molecule is C=C(C)C(=O)Oc1ccc(OCCOc2ccccc2)c2ccccc12. The molecule has 0 aliphatic heterocycles. The number of hydrogen-bond donors (Lipinski definition) is 0. The van der Waals surface area contributed by atoms with Gasteiger partial charge in [-0.1, -0.05) is 49.0 Å². The van der Waals surface area contributed by atoms with Crippen LogP contribution >= 0.6 is 0 Å². The van der Waals surface area contributed by atoms with E-state index < -0.39 is 5.97 Å². The summed E-state index contributed by atoms with van der Waals surface area (Å²) in [6.45, 7) is 6.07. The highest BCUT2D eigenvalue weighted by Crippen LogP contribution is 2.33. The van der Waals surface area contributed by atoms with E-state index in [2.05, 4.69) is 6.58 Å². The van der Waals surface area contributed by atoms with Crippen LogP contribution in [0.5, 0.6) is 17.2 Å². The van der Waals surface area contributed by atoms with Crippen molar-refractivity contribution >= 4 is 16.7 Å². The number of benzene rings is 3. The fraction of sp³-hybridized carbons (Fsp3) is 0.136. The number of carbonyl (C=O) groups excluding carboxylic acids is 1. The van der Waals surface area contributed by atoms with Gasteiger partial charge in [0.05, 0.1) is 0 Å². The molecule has 0 bridgehead atoms. The zero-order chi connectivity index (χ0) is 18.4. The highest BCUT2D eigenvalue weighted by atomic mass is 16.5. The maximum Gasteiger partial charge on any atom is 0.338 e. The van der Waals surface area contributed by atoms with Crippen LogP contribution in [0, 0.1) is 0 Å². The van der Waals surface area contributed by atoms with E-state index in [9.17, 15) is 4.79 Å². The van der Waals surface area contributed by atoms with Crippen LogP contribution in [0.2, 0.25) is 0 Å². The summed E-state index contributed by atoms with van der Waals surface area (Å²) in [5.74, 6) is 1.57. The number of ether oxygens (including phenoxy) is 3. The summed E-state index contributed by atoms with van der Waals surface area (Å²) in [6, 6.07) is 20.8. The molecule has 0 saturated heterocycles. The quantitative estimate of drug-likeness (QED) is 0.267. The monoisotopic (exact) mass is 348 g/mol. The Bertz CT molecular complexity index is 916. The van der Waals surface area contributed by atoms with Gasteiger partial charge >= 0.3 is 5.97 Å². The van der Waals surface area contributed by atoms with Gasteiger partial charge in [-0.3, -0.25) is 0 Å². The third-order valence-corrected chi connectivity index (χ3v) is 3.75. The maximum atomic E-state index is 11.8. The van der Waals surface area contributed by atoms with Crippen molar-refractivity contribution in [1.82, 2.24) is 0 Å². The van der Waals surface area contributed by atoms with Crippen molar-refractivity contribution in [2.45, 2.75) is 6.92 Å². The molecule has 26 heavy (non-hydrogen) atoms. The van der Waals surface area contributed by atoms with E-state index in [1.54, 1.807) is 19.1 Å². The molecule has 132 valence electrons. The first-order valence-electron chi connectivity index (χ1n) is 8.35. The van der Waals surface area contributed by atoms with Crippen molar-refractivity contribution < 1.29 is 19.0 Å². The van der Waals surface area contributed by atoms with Crippen LogP contribution in [0.1, 0.15) is 6.92 Å². The van der Waals surface area contributed by atoms with Gasteiger partial charge in [0.2, 0.25) is 0 Å². The molecule has 0 N–H and O–H groups in total. The number of rotatable bonds is 7. The van der Waals surface area contributed by atoms with Crippen LogP contribution in [-0.4, -0.2) is 19.2 Å². The van der Waals surface area contributed by atoms with E-state index >= 15 is 0 Å². The second-order valence-electron chi connectivity index (χ2n) is 5.79. The summed E-state index contributed by atoms with van der Waals surface area (Å²) < 4.78 is 16.9. The standard InChI is InChI=1S/C22H20O4/c1-16(2)22(23)26-21-13-12-20(18-10-6-7-11-19(18)21)25-15-14-24-17-8-4-3-5-9-17/h3-13H,1,14-15H2,2H3. The topological polar surface area (TPSA) is 44.8 Å². The minimum atomic E-state index is -0.444. The molecule has 0 atom stereocenters. The van der Waals surface area contributed by atoms with Crippen LogP contribution in [0.4, 0.5) is 0 Å². The van der Waals surface area contributed by atoms with Crippen molar-refractivity contribution in [3.63, 3.8) is 0 Å². The van der Waals surface area contributed by atoms with Gasteiger partial charge < -0.3 is 14.2 Å². The lowest BCUT2D eigenvalue weighted by Crippen LogP contribution is -2.10. The zero-order valence-electron chi connectivity index (χ0n) is 14.6. The van der Waals surface area contributed by atoms with E-state index in [-0.39, 0.29) is 0 Å². The normalized spacial score (nSPS) is 10.3. The summed E-state index contributed by atoms with van der Waals surface area (Å²) >= 11 is 0. The fourth-order valence-corrected chi connectivity index (χ4v) is 2.47. The smallest absolute Gasteiger partial charge is 0.338 e. The fourth-order valence-electron chi connectivity index (χ4n) is 2.47. The van der Waals surface area contributed by atoms with Crippen LogP contribution in [0.25, 0.3) is 10.8 Å². The summed E-state index contributed by atoms with van der Waals surface area (Å²) in [6.07, 6.45) is 0. The Morgan fingerprint density at radius 1 is 0.808 bits per heavy atom. The predicted molar refractivity (Wildman–Crippen MR) is 102 cm³/mol. The molecule has 0 unspecified atom stereocenters. The first kappa shape index (κ1) is 17.5. The van der Waals surface area contributed by atoms with Gasteiger partial charge in [0.15, 0.2) is 0 Å². The van der Waals surface area contributed by atoms with E-state index in [1.165, 1.54) is 0 Å². The molecule has 4 nitrogen and oxygen atoms in total. The minimum Gasteiger partial charge on any atom is -0.490 e. The second-order valence-corrected chi connectivity index (χ2v) is 5.79. The average Bonchev–Trinajstić information content (AvgIpc) is 2.67. The molecule has 0 amide bonds. The third-order valence-electron chi connectivity index (χ3n) is 3.75. The summed E-state index contributed by atoms with van der Waals surface area (Å²) in [5.41, 5.74) is 0.354. The lowest BCUT2D eigenvalue weighted by atomic mass is 10.1. The van der Waals surface area contributed by atoms with E-state index in [0.29, 0.717) is 30.3 Å². The maximum absolute atomic E-state index is 11.8. The molecule has 4 heteroatoms. The number of carbonyl (C=O) groups is 1. The van der Waals surface area contributed by atoms with Crippen LogP contribution < -0.4 is 14.2 Å². The highest BCUT2D eigenvalue weighted by molar-refractivity contribution is 5.97. The Balaban J connectivity index is 1.71. The molecule has 3 rings (SSSR count). The zero-order valence-corrected chi connectivity index (χ0v) is 14.6. The summed E-state index contributed by atoms with van der Waals surface area (Å²) in [4.78, 5) is 11.8. The van der Waals surface area contributed by atoms with Crippen molar-refractivity contribution in [3.8, 4) is 17.2 Å². The first-order valence-corrected chi connectivity index (χ1v) is 8.35. The molecule has 0 radical (unpaired) electrons. The van der Waals surface area contributed by atoms with Crippen LogP contribution in [-0.2, 0) is 4.79 Å². The summed E-state index contributed by atoms with van der Waals surface area (Å²) in [5, 5.41) is 1.68. The van der Waals surface area contributed by atoms with Crippen LogP contribution in [0.3, 0.4) is 0 Å². The Labute approximate surface area is 152 Å². The van der Waals surface area contributed by atoms with Crippen molar-refractivity contribution in [2.75, 3.05) is 13.2 Å². The molecule has 0 heterocycles. The van der Waals surface area contributed by atoms with Crippen molar-refractivity contribution in [1.29, 1.82) is 0 Å². The number of esters is 1. The minimum absolute atomic E-state index is 0.354. The molecule has 0 spiro atoms. The van der Waals surface area contributed by atoms with Crippen LogP contribution in [0.15, 0.2) is 78.9 Å². The lowest BCUT2D eigenvalue weighted by molar-refractivity contribution is -0.129. The number of hydrogen-bond acceptors (Lipinski definition) is 4. The average molecular weight is 348 g/mol. The summed E-state index contributed by atoms with van der Waals surface area (Å²) in [7, 11) is 0. The highest BCUT2D eigenvalue weighted by Gasteiger charge is 2.11. The Morgan fingerprint density at radius 2 is 1.38 bits per heavy atom. The van der Waals surface area contributed by atoms with Gasteiger partial charge in [-0.05, 0) is 31.2 Å². The molecule has 0 saturated carbocycles. The largest absolute Gasteiger partial charge is 0.490 e. The Hall–Kier alpha value is -3.27.